The highest BCUT2D eigenvalue weighted by molar-refractivity contribution is 5.91. The topological polar surface area (TPSA) is 61.9 Å². The van der Waals surface area contributed by atoms with Gasteiger partial charge in [-0.25, -0.2) is 0 Å². The lowest BCUT2D eigenvalue weighted by molar-refractivity contribution is -0.139. The molecule has 0 aliphatic heterocycles. The highest BCUT2D eigenvalue weighted by Crippen LogP contribution is 2.29. The van der Waals surface area contributed by atoms with Gasteiger partial charge in [0.1, 0.15) is 6.61 Å². The summed E-state index contributed by atoms with van der Waals surface area (Å²) in [6.45, 7) is 4.68. The zero-order valence-electron chi connectivity index (χ0n) is 18.7. The van der Waals surface area contributed by atoms with Crippen LogP contribution in [0.15, 0.2) is 18.2 Å². The highest BCUT2D eigenvalue weighted by Gasteiger charge is 2.26. The van der Waals surface area contributed by atoms with Crippen molar-refractivity contribution in [1.29, 1.82) is 0 Å². The smallest absolute Gasteiger partial charge is 0.249 e. The molecule has 6 heteroatoms. The maximum atomic E-state index is 12.8. The summed E-state index contributed by atoms with van der Waals surface area (Å²) < 4.78 is 5.15. The molecule has 0 radical (unpaired) electrons. The van der Waals surface area contributed by atoms with E-state index in [0.717, 1.165) is 42.6 Å². The van der Waals surface area contributed by atoms with Crippen LogP contribution in [0.5, 0.6) is 0 Å². The van der Waals surface area contributed by atoms with Crippen molar-refractivity contribution < 1.29 is 14.3 Å². The number of benzene rings is 1. The molecule has 0 spiro atoms. The number of ether oxygens (including phenoxy) is 1. The van der Waals surface area contributed by atoms with E-state index in [0.29, 0.717) is 18.9 Å². The van der Waals surface area contributed by atoms with Gasteiger partial charge in [-0.1, -0.05) is 33.1 Å². The van der Waals surface area contributed by atoms with E-state index in [-0.39, 0.29) is 24.5 Å². The van der Waals surface area contributed by atoms with Crippen LogP contribution < -0.4 is 10.2 Å². The third kappa shape index (κ3) is 7.03. The number of hydrogen-bond acceptors (Lipinski definition) is 4. The Morgan fingerprint density at radius 3 is 2.45 bits per heavy atom. The minimum Gasteiger partial charge on any atom is -0.377 e. The number of nitrogens with zero attached hydrogens (tertiary/aromatic N) is 2. The van der Waals surface area contributed by atoms with Crippen LogP contribution in [0, 0.1) is 5.92 Å². The van der Waals surface area contributed by atoms with E-state index in [1.165, 1.54) is 6.42 Å². The highest BCUT2D eigenvalue weighted by atomic mass is 16.5. The molecule has 0 aromatic heterocycles. The zero-order chi connectivity index (χ0) is 21.4. The molecule has 2 rings (SSSR count). The van der Waals surface area contributed by atoms with Gasteiger partial charge < -0.3 is 19.9 Å². The van der Waals surface area contributed by atoms with Gasteiger partial charge in [-0.05, 0) is 42.5 Å². The first-order valence-electron chi connectivity index (χ1n) is 10.7. The van der Waals surface area contributed by atoms with E-state index in [2.05, 4.69) is 10.2 Å². The van der Waals surface area contributed by atoms with Gasteiger partial charge in [0, 0.05) is 51.6 Å². The summed E-state index contributed by atoms with van der Waals surface area (Å²) in [5.41, 5.74) is 2.87. The first-order chi connectivity index (χ1) is 13.8. The van der Waals surface area contributed by atoms with Crippen molar-refractivity contribution in [3.63, 3.8) is 0 Å². The van der Waals surface area contributed by atoms with Gasteiger partial charge in [-0.2, -0.15) is 0 Å². The Hall–Kier alpha value is -2.08. The van der Waals surface area contributed by atoms with Crippen LogP contribution >= 0.6 is 0 Å². The molecule has 29 heavy (non-hydrogen) atoms. The van der Waals surface area contributed by atoms with Crippen LogP contribution in [-0.2, 0) is 20.9 Å². The number of hydrogen-bond donors (Lipinski definition) is 1. The minimum atomic E-state index is 0.0168. The molecule has 1 saturated carbocycles. The van der Waals surface area contributed by atoms with E-state index in [1.54, 1.807) is 7.11 Å². The van der Waals surface area contributed by atoms with Crippen molar-refractivity contribution in [2.24, 2.45) is 5.92 Å². The van der Waals surface area contributed by atoms with Gasteiger partial charge in [0.25, 0.3) is 0 Å². The summed E-state index contributed by atoms with van der Waals surface area (Å²) in [5, 5.41) is 3.00. The molecule has 1 aliphatic rings. The zero-order valence-corrected chi connectivity index (χ0v) is 18.7. The second-order valence-corrected chi connectivity index (χ2v) is 8.63. The monoisotopic (exact) mass is 403 g/mol. The normalized spacial score (nSPS) is 14.7. The van der Waals surface area contributed by atoms with E-state index in [1.807, 2.05) is 51.0 Å². The fourth-order valence-corrected chi connectivity index (χ4v) is 4.01. The van der Waals surface area contributed by atoms with Crippen molar-refractivity contribution in [3.05, 3.63) is 23.8 Å². The van der Waals surface area contributed by atoms with Crippen molar-refractivity contribution in [2.75, 3.05) is 38.0 Å². The second kappa shape index (κ2) is 11.2. The number of anilines is 2. The molecule has 0 bridgehead atoms. The van der Waals surface area contributed by atoms with Crippen molar-refractivity contribution in [1.82, 2.24) is 4.90 Å². The van der Waals surface area contributed by atoms with E-state index in [4.69, 9.17) is 4.74 Å². The second-order valence-electron chi connectivity index (χ2n) is 8.63. The standard InChI is InChI=1S/C23H37N3O3/c1-17(2)13-22(27)24-19-11-12-21(25(3)4)18(14-19)15-26(23(28)16-29-5)20-9-7-6-8-10-20/h11-12,14,17,20H,6-10,13,15-16H2,1-5H3,(H,24,27). The summed E-state index contributed by atoms with van der Waals surface area (Å²) in [6.07, 6.45) is 6.13. The Morgan fingerprint density at radius 1 is 1.17 bits per heavy atom. The Kier molecular flexibility index (Phi) is 8.96. The Morgan fingerprint density at radius 2 is 1.86 bits per heavy atom. The van der Waals surface area contributed by atoms with Crippen LogP contribution in [0.1, 0.15) is 57.9 Å². The summed E-state index contributed by atoms with van der Waals surface area (Å²) in [5.74, 6) is 0.352. The van der Waals surface area contributed by atoms with Gasteiger partial charge >= 0.3 is 0 Å². The molecule has 0 saturated heterocycles. The third-order valence-electron chi connectivity index (χ3n) is 5.38. The van der Waals surface area contributed by atoms with Crippen molar-refractivity contribution in [2.45, 2.75) is 65.0 Å². The van der Waals surface area contributed by atoms with Gasteiger partial charge in [0.15, 0.2) is 0 Å². The number of carbonyl (C=O) groups excluding carboxylic acids is 2. The SMILES string of the molecule is COCC(=O)N(Cc1cc(NC(=O)CC(C)C)ccc1N(C)C)C1CCCCC1. The molecular formula is C23H37N3O3. The van der Waals surface area contributed by atoms with E-state index >= 15 is 0 Å². The van der Waals surface area contributed by atoms with Gasteiger partial charge in [-0.15, -0.1) is 0 Å². The quantitative estimate of drug-likeness (QED) is 0.676. The molecule has 0 unspecified atom stereocenters. The summed E-state index contributed by atoms with van der Waals surface area (Å²) in [4.78, 5) is 29.1. The molecule has 1 fully saturated rings. The maximum absolute atomic E-state index is 12.8. The van der Waals surface area contributed by atoms with Gasteiger partial charge in [-0.3, -0.25) is 9.59 Å². The van der Waals surface area contributed by atoms with Crippen LogP contribution in [0.3, 0.4) is 0 Å². The van der Waals surface area contributed by atoms with Crippen LogP contribution in [0.4, 0.5) is 11.4 Å². The van der Waals surface area contributed by atoms with E-state index in [9.17, 15) is 9.59 Å². The largest absolute Gasteiger partial charge is 0.377 e. The summed E-state index contributed by atoms with van der Waals surface area (Å²) >= 11 is 0. The number of nitrogens with one attached hydrogen (secondary N) is 1. The maximum Gasteiger partial charge on any atom is 0.249 e. The molecule has 0 atom stereocenters. The first-order valence-corrected chi connectivity index (χ1v) is 10.7. The van der Waals surface area contributed by atoms with Crippen molar-refractivity contribution in [3.8, 4) is 0 Å². The molecule has 162 valence electrons. The van der Waals surface area contributed by atoms with Crippen LogP contribution in [0.2, 0.25) is 0 Å². The fraction of sp³-hybridized carbons (Fsp3) is 0.652. The molecule has 2 amide bonds. The van der Waals surface area contributed by atoms with Gasteiger partial charge in [0.05, 0.1) is 0 Å². The molecular weight excluding hydrogens is 366 g/mol. The molecule has 1 N–H and O–H groups in total. The lowest BCUT2D eigenvalue weighted by atomic mass is 9.93. The number of carbonyl (C=O) groups is 2. The van der Waals surface area contributed by atoms with Crippen LogP contribution in [-0.4, -0.2) is 50.6 Å². The van der Waals surface area contributed by atoms with Gasteiger partial charge in [0.2, 0.25) is 11.8 Å². The number of amides is 2. The lowest BCUT2D eigenvalue weighted by Gasteiger charge is -2.35. The number of methoxy groups -OCH3 is 1. The molecule has 6 nitrogen and oxygen atoms in total. The average molecular weight is 404 g/mol. The number of rotatable bonds is 9. The first kappa shape index (κ1) is 23.2. The lowest BCUT2D eigenvalue weighted by Crippen LogP contribution is -2.42. The Balaban J connectivity index is 2.28. The fourth-order valence-electron chi connectivity index (χ4n) is 4.01. The molecule has 1 aromatic rings. The molecule has 0 heterocycles. The molecule has 1 aliphatic carbocycles. The average Bonchev–Trinajstić information content (AvgIpc) is 2.66. The molecule has 1 aromatic carbocycles. The minimum absolute atomic E-state index is 0.0168. The van der Waals surface area contributed by atoms with E-state index < -0.39 is 0 Å². The Labute approximate surface area is 175 Å². The van der Waals surface area contributed by atoms with Crippen molar-refractivity contribution >= 4 is 23.2 Å². The predicted octanol–water partition coefficient (Wildman–Crippen LogP) is 4.04. The third-order valence-corrected chi connectivity index (χ3v) is 5.38. The predicted molar refractivity (Wildman–Crippen MR) is 118 cm³/mol. The Bertz CT molecular complexity index is 682. The summed E-state index contributed by atoms with van der Waals surface area (Å²) in [7, 11) is 5.56. The summed E-state index contributed by atoms with van der Waals surface area (Å²) in [6, 6.07) is 6.20. The van der Waals surface area contributed by atoms with Crippen LogP contribution in [0.25, 0.3) is 0 Å².